The van der Waals surface area contributed by atoms with E-state index in [1.165, 1.54) is 21.7 Å². The maximum atomic E-state index is 5.93. The highest BCUT2D eigenvalue weighted by Crippen LogP contribution is 2.41. The summed E-state index contributed by atoms with van der Waals surface area (Å²) in [5.41, 5.74) is 10.1. The van der Waals surface area contributed by atoms with Crippen molar-refractivity contribution >= 4 is 30.6 Å². The molecule has 0 saturated carbocycles. The Bertz CT molecular complexity index is 1470. The number of allylic oxidation sites excluding steroid dienone is 4. The summed E-state index contributed by atoms with van der Waals surface area (Å²) >= 11 is 1.91. The van der Waals surface area contributed by atoms with E-state index in [4.69, 9.17) is 15.7 Å². The molecule has 0 aliphatic carbocycles. The van der Waals surface area contributed by atoms with Crippen molar-refractivity contribution in [1.29, 1.82) is 0 Å². The monoisotopic (exact) mass is 641 g/mol. The van der Waals surface area contributed by atoms with Gasteiger partial charge in [0, 0.05) is 60.1 Å². The first-order chi connectivity index (χ1) is 22.3. The van der Waals surface area contributed by atoms with E-state index < -0.39 is 0 Å². The molecule has 1 aromatic carbocycles. The standard InChI is InChI=1S/C38H53N5S.C2H6/c1-7-8-14-36-31(4)41-33(6)43(36)35(27-29(2)17-22-39)18-23-40-24-19-38(34-12-10-9-11-13-34)20-25-42(26-21-38)32(5)37-16-15-30(3)28-44-37;1-2/h7-16,23,29,35H,4-5,17-22,24-28,39H2,1-3,6H3;1-2H3/b8-7-,36-14+,40-23?;. The average molecular weight is 642 g/mol. The average Bonchev–Trinajstić information content (AvgIpc) is 3.36. The Hall–Kier alpha value is -3.09. The quantitative estimate of drug-likeness (QED) is 0.213. The first-order valence-corrected chi connectivity index (χ1v) is 18.3. The van der Waals surface area contributed by atoms with Gasteiger partial charge in [-0.15, -0.1) is 11.8 Å². The topological polar surface area (TPSA) is 59.4 Å². The molecule has 2 atom stereocenters. The molecule has 2 N–H and O–H groups in total. The van der Waals surface area contributed by atoms with Gasteiger partial charge in [-0.2, -0.15) is 0 Å². The number of hydrogen-bond donors (Lipinski definition) is 1. The third-order valence-corrected chi connectivity index (χ3v) is 10.6. The number of benzene rings is 1. The normalized spacial score (nSPS) is 18.2. The lowest BCUT2D eigenvalue weighted by Gasteiger charge is -2.44. The van der Waals surface area contributed by atoms with Crippen molar-refractivity contribution in [2.75, 3.05) is 31.9 Å². The Kier molecular flexibility index (Phi) is 15.4. The molecule has 0 radical (unpaired) electrons. The first kappa shape index (κ1) is 37.4. The van der Waals surface area contributed by atoms with E-state index in [2.05, 4.69) is 104 Å². The Morgan fingerprint density at radius 1 is 1.15 bits per heavy atom. The molecule has 4 rings (SSSR count). The zero-order valence-electron chi connectivity index (χ0n) is 29.5. The molecule has 1 fully saturated rings. The molecule has 1 aromatic heterocycles. The van der Waals surface area contributed by atoms with Crippen LogP contribution in [0.1, 0.15) is 90.6 Å². The molecule has 0 bridgehead atoms. The summed E-state index contributed by atoms with van der Waals surface area (Å²) in [5, 5.41) is 1.92. The fourth-order valence-electron chi connectivity index (χ4n) is 6.71. The van der Waals surface area contributed by atoms with Crippen LogP contribution in [0.15, 0.2) is 82.4 Å². The Labute approximate surface area is 283 Å². The van der Waals surface area contributed by atoms with Crippen LogP contribution >= 0.6 is 11.8 Å². The van der Waals surface area contributed by atoms with Crippen LogP contribution in [-0.4, -0.2) is 52.6 Å². The second kappa shape index (κ2) is 18.9. The zero-order chi connectivity index (χ0) is 33.5. The molecular formula is C40H59N5S. The van der Waals surface area contributed by atoms with Gasteiger partial charge in [-0.3, -0.25) is 4.99 Å². The number of rotatable bonds is 14. The highest BCUT2D eigenvalue weighted by molar-refractivity contribution is 8.03. The minimum atomic E-state index is 0.132. The SMILES string of the molecule is C=C(C1=CC=C(C)CS1)N1CCC(CCN=CCC(CC(C)CCN)n2c(C)nc(=C)/c2=C\C=C/C)(c2ccccc2)CC1.CC. The molecule has 250 valence electrons. The second-order valence-corrected chi connectivity index (χ2v) is 13.6. The highest BCUT2D eigenvalue weighted by atomic mass is 32.2. The fourth-order valence-corrected chi connectivity index (χ4v) is 7.64. The van der Waals surface area contributed by atoms with Crippen LogP contribution < -0.4 is 16.4 Å². The number of hydrogen-bond acceptors (Lipinski definition) is 5. The van der Waals surface area contributed by atoms with Gasteiger partial charge in [-0.1, -0.05) is 88.1 Å². The number of thioether (sulfide) groups is 1. The number of nitrogens with two attached hydrogens (primary N) is 1. The summed E-state index contributed by atoms with van der Waals surface area (Å²) in [5.74, 6) is 2.59. The number of imidazole rings is 1. The smallest absolute Gasteiger partial charge is 0.106 e. The number of aromatic nitrogens is 2. The van der Waals surface area contributed by atoms with Crippen LogP contribution in [0.25, 0.3) is 12.7 Å². The maximum Gasteiger partial charge on any atom is 0.106 e. The van der Waals surface area contributed by atoms with Gasteiger partial charge in [0.05, 0.1) is 10.7 Å². The molecule has 2 aliphatic heterocycles. The number of nitrogens with zero attached hydrogens (tertiary/aromatic N) is 4. The van der Waals surface area contributed by atoms with Gasteiger partial charge in [0.25, 0.3) is 0 Å². The van der Waals surface area contributed by atoms with Crippen molar-refractivity contribution in [3.05, 3.63) is 99.5 Å². The molecule has 6 heteroatoms. The summed E-state index contributed by atoms with van der Waals surface area (Å²) in [6, 6.07) is 11.4. The number of likely N-dealkylation sites (tertiary alicyclic amines) is 1. The van der Waals surface area contributed by atoms with Crippen molar-refractivity contribution < 1.29 is 0 Å². The minimum Gasteiger partial charge on any atom is -0.371 e. The summed E-state index contributed by atoms with van der Waals surface area (Å²) < 4.78 is 2.37. The van der Waals surface area contributed by atoms with Crippen LogP contribution in [0, 0.1) is 12.8 Å². The second-order valence-electron chi connectivity index (χ2n) is 12.6. The first-order valence-electron chi connectivity index (χ1n) is 17.3. The van der Waals surface area contributed by atoms with Gasteiger partial charge < -0.3 is 15.2 Å². The largest absolute Gasteiger partial charge is 0.371 e. The minimum absolute atomic E-state index is 0.132. The van der Waals surface area contributed by atoms with Crippen LogP contribution in [0.3, 0.4) is 0 Å². The van der Waals surface area contributed by atoms with E-state index in [1.54, 1.807) is 0 Å². The molecule has 2 aromatic rings. The summed E-state index contributed by atoms with van der Waals surface area (Å²) in [6.45, 7) is 24.9. The summed E-state index contributed by atoms with van der Waals surface area (Å²) in [6.07, 6.45) is 19.1. The van der Waals surface area contributed by atoms with E-state index >= 15 is 0 Å². The van der Waals surface area contributed by atoms with Gasteiger partial charge in [0.1, 0.15) is 5.82 Å². The number of piperidine rings is 1. The third kappa shape index (κ3) is 9.95. The molecule has 0 spiro atoms. The lowest BCUT2D eigenvalue weighted by molar-refractivity contribution is 0.190. The molecule has 2 unspecified atom stereocenters. The van der Waals surface area contributed by atoms with Crippen molar-refractivity contribution in [3.8, 4) is 0 Å². The van der Waals surface area contributed by atoms with E-state index in [0.29, 0.717) is 12.5 Å². The maximum absolute atomic E-state index is 5.93. The van der Waals surface area contributed by atoms with Crippen LogP contribution in [0.4, 0.5) is 0 Å². The van der Waals surface area contributed by atoms with Crippen LogP contribution in [-0.2, 0) is 5.41 Å². The van der Waals surface area contributed by atoms with Gasteiger partial charge in [-0.25, -0.2) is 4.98 Å². The predicted molar refractivity (Wildman–Crippen MR) is 204 cm³/mol. The van der Waals surface area contributed by atoms with E-state index in [1.807, 2.05) is 38.6 Å². The fraction of sp³-hybridized carbons (Fsp3) is 0.500. The molecule has 1 saturated heterocycles. The molecule has 5 nitrogen and oxygen atoms in total. The molecule has 2 aliphatic rings. The molecule has 0 amide bonds. The Balaban J connectivity index is 0.00000282. The molecular weight excluding hydrogens is 583 g/mol. The van der Waals surface area contributed by atoms with Crippen LogP contribution in [0.2, 0.25) is 0 Å². The van der Waals surface area contributed by atoms with Crippen molar-refractivity contribution in [1.82, 2.24) is 14.5 Å². The third-order valence-electron chi connectivity index (χ3n) is 9.32. The van der Waals surface area contributed by atoms with Crippen molar-refractivity contribution in [2.24, 2.45) is 16.6 Å². The number of aliphatic imine (C=N–C) groups is 1. The Morgan fingerprint density at radius 3 is 2.50 bits per heavy atom. The highest BCUT2D eigenvalue weighted by Gasteiger charge is 2.36. The van der Waals surface area contributed by atoms with E-state index in [9.17, 15) is 0 Å². The van der Waals surface area contributed by atoms with Crippen molar-refractivity contribution in [2.45, 2.75) is 91.5 Å². The van der Waals surface area contributed by atoms with Crippen LogP contribution in [0.5, 0.6) is 0 Å². The van der Waals surface area contributed by atoms with Gasteiger partial charge in [0.2, 0.25) is 0 Å². The lowest BCUT2D eigenvalue weighted by atomic mass is 9.70. The zero-order valence-corrected chi connectivity index (χ0v) is 30.3. The molecule has 3 heterocycles. The van der Waals surface area contributed by atoms with E-state index in [-0.39, 0.29) is 11.5 Å². The van der Waals surface area contributed by atoms with E-state index in [0.717, 1.165) is 80.4 Å². The number of aryl methyl sites for hydroxylation is 1. The van der Waals surface area contributed by atoms with Gasteiger partial charge in [-0.05, 0) is 83.1 Å². The predicted octanol–water partition coefficient (Wildman–Crippen LogP) is 7.88. The lowest BCUT2D eigenvalue weighted by Crippen LogP contribution is -2.42. The van der Waals surface area contributed by atoms with Gasteiger partial charge >= 0.3 is 0 Å². The summed E-state index contributed by atoms with van der Waals surface area (Å²) in [4.78, 5) is 13.6. The van der Waals surface area contributed by atoms with Gasteiger partial charge in [0.15, 0.2) is 0 Å². The summed E-state index contributed by atoms with van der Waals surface area (Å²) in [7, 11) is 0. The Morgan fingerprint density at radius 2 is 1.87 bits per heavy atom. The van der Waals surface area contributed by atoms with Crippen molar-refractivity contribution in [3.63, 3.8) is 0 Å². The molecule has 46 heavy (non-hydrogen) atoms.